The topological polar surface area (TPSA) is 96.7 Å². The second-order valence-corrected chi connectivity index (χ2v) is 7.51. The third-order valence-corrected chi connectivity index (χ3v) is 5.60. The molecule has 0 bridgehead atoms. The lowest BCUT2D eigenvalue weighted by Crippen LogP contribution is -2.30. The van der Waals surface area contributed by atoms with Crippen LogP contribution < -0.4 is 5.32 Å². The monoisotopic (exact) mass is 397 g/mol. The number of nitrogens with one attached hydrogen (secondary N) is 1. The van der Waals surface area contributed by atoms with Gasteiger partial charge in [-0.3, -0.25) is 24.6 Å². The summed E-state index contributed by atoms with van der Waals surface area (Å²) in [5.74, 6) is -0.304. The number of unbranched alkanes of at least 4 members (excludes halogenated alkanes) is 2. The van der Waals surface area contributed by atoms with Gasteiger partial charge < -0.3 is 0 Å². The number of anilines is 1. The van der Waals surface area contributed by atoms with Crippen LogP contribution in [0.15, 0.2) is 29.6 Å². The van der Waals surface area contributed by atoms with Crippen LogP contribution in [0, 0.1) is 6.92 Å². The summed E-state index contributed by atoms with van der Waals surface area (Å²) in [5.41, 5.74) is 1.91. The van der Waals surface area contributed by atoms with E-state index in [1.165, 1.54) is 16.2 Å². The molecule has 0 atom stereocenters. The maximum absolute atomic E-state index is 12.3. The minimum atomic E-state index is -0.237. The van der Waals surface area contributed by atoms with E-state index in [-0.39, 0.29) is 17.7 Å². The van der Waals surface area contributed by atoms with Crippen molar-refractivity contribution in [1.29, 1.82) is 0 Å². The summed E-state index contributed by atoms with van der Waals surface area (Å²) in [6.45, 7) is 2.30. The number of aromatic nitrogens is 3. The SMILES string of the molecule is Cc1csc2nc(NC(=O)CCCCCN3C(=O)c4ccccc4C3=O)nn12. The summed E-state index contributed by atoms with van der Waals surface area (Å²) in [4.78, 5) is 42.9. The van der Waals surface area contributed by atoms with Gasteiger partial charge in [-0.2, -0.15) is 4.98 Å². The predicted molar refractivity (Wildman–Crippen MR) is 105 cm³/mol. The van der Waals surface area contributed by atoms with Crippen molar-refractivity contribution in [3.05, 3.63) is 46.5 Å². The number of thiazole rings is 1. The summed E-state index contributed by atoms with van der Waals surface area (Å²) >= 11 is 1.47. The molecule has 0 saturated carbocycles. The molecule has 3 aromatic rings. The van der Waals surface area contributed by atoms with E-state index in [2.05, 4.69) is 15.4 Å². The van der Waals surface area contributed by atoms with Crippen molar-refractivity contribution >= 4 is 40.0 Å². The van der Waals surface area contributed by atoms with E-state index in [9.17, 15) is 14.4 Å². The summed E-state index contributed by atoms with van der Waals surface area (Å²) < 4.78 is 1.70. The molecule has 0 saturated heterocycles. The number of hydrogen-bond donors (Lipinski definition) is 1. The Morgan fingerprint density at radius 2 is 1.82 bits per heavy atom. The number of imide groups is 1. The van der Waals surface area contributed by atoms with E-state index in [1.54, 1.807) is 28.8 Å². The van der Waals surface area contributed by atoms with Gasteiger partial charge in [0.1, 0.15) is 0 Å². The molecule has 0 fully saturated rings. The Morgan fingerprint density at radius 3 is 2.50 bits per heavy atom. The molecule has 1 N–H and O–H groups in total. The van der Waals surface area contributed by atoms with E-state index in [0.29, 0.717) is 42.9 Å². The molecule has 9 heteroatoms. The molecule has 0 radical (unpaired) electrons. The normalized spacial score (nSPS) is 13.4. The van der Waals surface area contributed by atoms with Gasteiger partial charge in [0.05, 0.1) is 16.8 Å². The van der Waals surface area contributed by atoms with Crippen LogP contribution in [0.4, 0.5) is 5.95 Å². The van der Waals surface area contributed by atoms with Gasteiger partial charge in [0.2, 0.25) is 16.8 Å². The largest absolute Gasteiger partial charge is 0.293 e. The fourth-order valence-corrected chi connectivity index (χ4v) is 4.01. The lowest BCUT2D eigenvalue weighted by atomic mass is 10.1. The number of nitrogens with zero attached hydrogens (tertiary/aromatic N) is 4. The molecule has 4 rings (SSSR count). The van der Waals surface area contributed by atoms with E-state index in [1.807, 2.05) is 12.3 Å². The van der Waals surface area contributed by atoms with Crippen LogP contribution in [0.25, 0.3) is 4.96 Å². The lowest BCUT2D eigenvalue weighted by molar-refractivity contribution is -0.116. The van der Waals surface area contributed by atoms with E-state index in [0.717, 1.165) is 17.1 Å². The quantitative estimate of drug-likeness (QED) is 0.488. The number of carbonyl (C=O) groups is 3. The zero-order valence-electron chi connectivity index (χ0n) is 15.3. The Hall–Kier alpha value is -3.07. The Bertz CT molecular complexity index is 1040. The molecule has 1 aliphatic rings. The van der Waals surface area contributed by atoms with Crippen LogP contribution in [0.3, 0.4) is 0 Å². The second kappa shape index (κ2) is 7.51. The highest BCUT2D eigenvalue weighted by molar-refractivity contribution is 7.15. The van der Waals surface area contributed by atoms with Crippen LogP contribution in [0.1, 0.15) is 52.1 Å². The first-order valence-corrected chi connectivity index (χ1v) is 9.98. The Balaban J connectivity index is 1.20. The molecule has 1 aromatic carbocycles. The summed E-state index contributed by atoms with van der Waals surface area (Å²) in [7, 11) is 0. The molecule has 8 nitrogen and oxygen atoms in total. The molecular formula is C19H19N5O3S. The maximum atomic E-state index is 12.3. The van der Waals surface area contributed by atoms with Crippen molar-refractivity contribution in [3.63, 3.8) is 0 Å². The third kappa shape index (κ3) is 3.40. The molecule has 2 aromatic heterocycles. The molecule has 3 heterocycles. The van der Waals surface area contributed by atoms with Crippen molar-refractivity contribution < 1.29 is 14.4 Å². The second-order valence-electron chi connectivity index (χ2n) is 6.67. The Kier molecular flexibility index (Phi) is 4.91. The number of fused-ring (bicyclic) bond motifs is 2. The van der Waals surface area contributed by atoms with Crippen molar-refractivity contribution in [2.24, 2.45) is 0 Å². The number of aryl methyl sites for hydroxylation is 1. The minimum Gasteiger partial charge on any atom is -0.293 e. The van der Waals surface area contributed by atoms with Gasteiger partial charge in [-0.25, -0.2) is 4.52 Å². The van der Waals surface area contributed by atoms with Gasteiger partial charge in [0.25, 0.3) is 11.8 Å². The van der Waals surface area contributed by atoms with Crippen molar-refractivity contribution in [1.82, 2.24) is 19.5 Å². The average Bonchev–Trinajstić information content (AvgIpc) is 3.31. The predicted octanol–water partition coefficient (Wildman–Crippen LogP) is 2.89. The molecular weight excluding hydrogens is 378 g/mol. The van der Waals surface area contributed by atoms with Crippen molar-refractivity contribution in [2.45, 2.75) is 32.6 Å². The number of hydrogen-bond acceptors (Lipinski definition) is 6. The maximum Gasteiger partial charge on any atom is 0.261 e. The highest BCUT2D eigenvalue weighted by atomic mass is 32.1. The molecule has 28 heavy (non-hydrogen) atoms. The lowest BCUT2D eigenvalue weighted by Gasteiger charge is -2.13. The van der Waals surface area contributed by atoms with Crippen LogP contribution in [0.2, 0.25) is 0 Å². The first-order valence-electron chi connectivity index (χ1n) is 9.10. The molecule has 1 aliphatic heterocycles. The van der Waals surface area contributed by atoms with E-state index < -0.39 is 0 Å². The van der Waals surface area contributed by atoms with Gasteiger partial charge in [-0.05, 0) is 31.9 Å². The fourth-order valence-electron chi connectivity index (χ4n) is 3.21. The van der Waals surface area contributed by atoms with Crippen LogP contribution in [-0.2, 0) is 4.79 Å². The first kappa shape index (κ1) is 18.3. The van der Waals surface area contributed by atoms with Gasteiger partial charge in [-0.1, -0.05) is 18.6 Å². The minimum absolute atomic E-state index is 0.142. The van der Waals surface area contributed by atoms with E-state index in [4.69, 9.17) is 0 Å². The van der Waals surface area contributed by atoms with Gasteiger partial charge in [0, 0.05) is 18.3 Å². The summed E-state index contributed by atoms with van der Waals surface area (Å²) in [6, 6.07) is 6.86. The van der Waals surface area contributed by atoms with Crippen LogP contribution >= 0.6 is 11.3 Å². The number of carbonyl (C=O) groups excluding carboxylic acids is 3. The Labute approximate surface area is 165 Å². The first-order chi connectivity index (χ1) is 13.5. The van der Waals surface area contributed by atoms with Crippen molar-refractivity contribution in [3.8, 4) is 0 Å². The van der Waals surface area contributed by atoms with Crippen LogP contribution in [0.5, 0.6) is 0 Å². The summed E-state index contributed by atoms with van der Waals surface area (Å²) in [6.07, 6.45) is 2.41. The highest BCUT2D eigenvalue weighted by Gasteiger charge is 2.34. The highest BCUT2D eigenvalue weighted by Crippen LogP contribution is 2.23. The molecule has 0 spiro atoms. The molecule has 0 aliphatic carbocycles. The van der Waals surface area contributed by atoms with Crippen LogP contribution in [-0.4, -0.2) is 43.8 Å². The fraction of sp³-hybridized carbons (Fsp3) is 0.316. The molecule has 3 amide bonds. The zero-order chi connectivity index (χ0) is 19.7. The summed E-state index contributed by atoms with van der Waals surface area (Å²) in [5, 5.41) is 8.91. The van der Waals surface area contributed by atoms with Gasteiger partial charge in [0.15, 0.2) is 0 Å². The number of amides is 3. The standard InChI is InChI=1S/C19H19N5O3S/c1-12-11-28-19-21-18(22-24(12)19)20-15(25)9-3-2-6-10-23-16(26)13-7-4-5-8-14(13)17(23)27/h4-5,7-8,11H,2-3,6,9-10H2,1H3,(H,20,22,25). The molecule has 144 valence electrons. The molecule has 0 unspecified atom stereocenters. The number of rotatable bonds is 7. The van der Waals surface area contributed by atoms with E-state index >= 15 is 0 Å². The zero-order valence-corrected chi connectivity index (χ0v) is 16.2. The van der Waals surface area contributed by atoms with Gasteiger partial charge in [-0.15, -0.1) is 16.4 Å². The average molecular weight is 397 g/mol. The third-order valence-electron chi connectivity index (χ3n) is 4.66. The Morgan fingerprint density at radius 1 is 1.11 bits per heavy atom. The van der Waals surface area contributed by atoms with Crippen molar-refractivity contribution in [2.75, 3.05) is 11.9 Å². The number of benzene rings is 1. The smallest absolute Gasteiger partial charge is 0.261 e. The van der Waals surface area contributed by atoms with Gasteiger partial charge >= 0.3 is 0 Å².